The molecule has 0 atom stereocenters. The predicted octanol–water partition coefficient (Wildman–Crippen LogP) is 2.38. The number of benzene rings is 1. The van der Waals surface area contributed by atoms with Crippen molar-refractivity contribution in [3.8, 4) is 0 Å². The van der Waals surface area contributed by atoms with E-state index in [9.17, 15) is 13.6 Å². The Morgan fingerprint density at radius 3 is 2.68 bits per heavy atom. The number of rotatable bonds is 7. The molecule has 0 aliphatic carbocycles. The first-order valence-corrected chi connectivity index (χ1v) is 6.97. The third-order valence-electron chi connectivity index (χ3n) is 2.63. The van der Waals surface area contributed by atoms with Crippen molar-refractivity contribution < 1.29 is 18.3 Å². The normalized spacial score (nSPS) is 10.5. The van der Waals surface area contributed by atoms with Gasteiger partial charge in [0.1, 0.15) is 11.6 Å². The van der Waals surface area contributed by atoms with Crippen LogP contribution in [0.4, 0.5) is 8.78 Å². The number of carbonyl (C=O) groups is 1. The summed E-state index contributed by atoms with van der Waals surface area (Å²) in [4.78, 5) is 13.6. The minimum Gasteiger partial charge on any atom is -0.383 e. The summed E-state index contributed by atoms with van der Waals surface area (Å²) < 4.78 is 31.2. The number of carbonyl (C=O) groups excluding carboxylic acids is 1. The molecular formula is C13H16BrF2NO2. The lowest BCUT2D eigenvalue weighted by atomic mass is 10.1. The highest BCUT2D eigenvalue weighted by molar-refractivity contribution is 9.09. The Morgan fingerprint density at radius 1 is 1.37 bits per heavy atom. The van der Waals surface area contributed by atoms with Crippen molar-refractivity contribution in [2.24, 2.45) is 0 Å². The van der Waals surface area contributed by atoms with Gasteiger partial charge < -0.3 is 9.64 Å². The number of ether oxygens (including phenoxy) is 1. The van der Waals surface area contributed by atoms with Crippen LogP contribution in [0.2, 0.25) is 0 Å². The van der Waals surface area contributed by atoms with Crippen LogP contribution in [0.25, 0.3) is 0 Å². The van der Waals surface area contributed by atoms with Gasteiger partial charge in [-0.05, 0) is 11.6 Å². The van der Waals surface area contributed by atoms with Gasteiger partial charge in [-0.2, -0.15) is 0 Å². The second-order valence-corrected chi connectivity index (χ2v) is 4.77. The van der Waals surface area contributed by atoms with E-state index in [2.05, 4.69) is 15.9 Å². The number of amides is 1. The highest BCUT2D eigenvalue weighted by Crippen LogP contribution is 2.11. The van der Waals surface area contributed by atoms with Gasteiger partial charge in [0.05, 0.1) is 13.0 Å². The molecule has 0 spiro atoms. The molecule has 0 unspecified atom stereocenters. The highest BCUT2D eigenvalue weighted by atomic mass is 79.9. The lowest BCUT2D eigenvalue weighted by Gasteiger charge is -2.21. The average Bonchev–Trinajstić information content (AvgIpc) is 2.37. The van der Waals surface area contributed by atoms with Crippen LogP contribution >= 0.6 is 15.9 Å². The van der Waals surface area contributed by atoms with E-state index in [0.717, 1.165) is 12.1 Å². The fourth-order valence-corrected chi connectivity index (χ4v) is 2.03. The zero-order chi connectivity index (χ0) is 14.3. The van der Waals surface area contributed by atoms with E-state index in [4.69, 9.17) is 4.74 Å². The van der Waals surface area contributed by atoms with Crippen LogP contribution in [0.3, 0.4) is 0 Å². The molecule has 6 heteroatoms. The zero-order valence-corrected chi connectivity index (χ0v) is 12.3. The lowest BCUT2D eigenvalue weighted by Crippen LogP contribution is -2.36. The van der Waals surface area contributed by atoms with Gasteiger partial charge in [-0.15, -0.1) is 0 Å². The first kappa shape index (κ1) is 16.0. The van der Waals surface area contributed by atoms with Crippen LogP contribution in [0, 0.1) is 11.6 Å². The summed E-state index contributed by atoms with van der Waals surface area (Å²) in [5.74, 6) is -1.55. The third kappa shape index (κ3) is 5.24. The average molecular weight is 336 g/mol. The largest absolute Gasteiger partial charge is 0.383 e. The predicted molar refractivity (Wildman–Crippen MR) is 72.3 cm³/mol. The molecule has 0 fully saturated rings. The molecule has 1 aromatic rings. The number of halogens is 3. The van der Waals surface area contributed by atoms with Crippen LogP contribution < -0.4 is 0 Å². The van der Waals surface area contributed by atoms with Gasteiger partial charge in [0.25, 0.3) is 0 Å². The summed E-state index contributed by atoms with van der Waals surface area (Å²) in [7, 11) is 1.55. The number of alkyl halides is 1. The molecule has 0 heterocycles. The molecule has 1 aromatic carbocycles. The van der Waals surface area contributed by atoms with Gasteiger partial charge in [-0.3, -0.25) is 4.79 Å². The van der Waals surface area contributed by atoms with Gasteiger partial charge >= 0.3 is 0 Å². The fourth-order valence-electron chi connectivity index (χ4n) is 1.60. The third-order valence-corrected chi connectivity index (χ3v) is 2.98. The van der Waals surface area contributed by atoms with Crippen LogP contribution in [-0.4, -0.2) is 42.9 Å². The molecule has 0 aromatic heterocycles. The SMILES string of the molecule is COCCN(CCBr)C(=O)Cc1ccc(F)cc1F. The summed E-state index contributed by atoms with van der Waals surface area (Å²) in [5.41, 5.74) is 0.198. The molecule has 0 radical (unpaired) electrons. The van der Waals surface area contributed by atoms with Crippen molar-refractivity contribution in [3.05, 3.63) is 35.4 Å². The fraction of sp³-hybridized carbons (Fsp3) is 0.462. The molecule has 0 saturated heterocycles. The Balaban J connectivity index is 2.69. The summed E-state index contributed by atoms with van der Waals surface area (Å²) in [6.07, 6.45) is -0.0805. The molecule has 1 amide bonds. The molecule has 0 aliphatic heterocycles. The molecule has 19 heavy (non-hydrogen) atoms. The molecule has 3 nitrogen and oxygen atoms in total. The maximum Gasteiger partial charge on any atom is 0.227 e. The van der Waals surface area contributed by atoms with Crippen LogP contribution in [0.1, 0.15) is 5.56 Å². The summed E-state index contributed by atoms with van der Waals surface area (Å²) in [6.45, 7) is 1.39. The van der Waals surface area contributed by atoms with E-state index in [1.165, 1.54) is 6.07 Å². The minimum atomic E-state index is -0.695. The number of hydrogen-bond donors (Lipinski definition) is 0. The van der Waals surface area contributed by atoms with Gasteiger partial charge in [0.2, 0.25) is 5.91 Å². The van der Waals surface area contributed by atoms with E-state index in [0.29, 0.717) is 25.0 Å². The van der Waals surface area contributed by atoms with E-state index >= 15 is 0 Å². The molecule has 0 N–H and O–H groups in total. The summed E-state index contributed by atoms with van der Waals surface area (Å²) in [5, 5.41) is 0.633. The Hall–Kier alpha value is -1.01. The van der Waals surface area contributed by atoms with Crippen molar-refractivity contribution >= 4 is 21.8 Å². The van der Waals surface area contributed by atoms with Gasteiger partial charge in [-0.1, -0.05) is 22.0 Å². The van der Waals surface area contributed by atoms with Crippen molar-refractivity contribution in [3.63, 3.8) is 0 Å². The van der Waals surface area contributed by atoms with E-state index < -0.39 is 11.6 Å². The van der Waals surface area contributed by atoms with Crippen molar-refractivity contribution in [2.45, 2.75) is 6.42 Å². The molecule has 0 bridgehead atoms. The molecule has 0 saturated carbocycles. The van der Waals surface area contributed by atoms with Crippen LogP contribution in [0.5, 0.6) is 0 Å². The quantitative estimate of drug-likeness (QED) is 0.716. The van der Waals surface area contributed by atoms with Crippen molar-refractivity contribution in [1.29, 1.82) is 0 Å². The van der Waals surface area contributed by atoms with Crippen LogP contribution in [-0.2, 0) is 16.0 Å². The van der Waals surface area contributed by atoms with Gasteiger partial charge in [0.15, 0.2) is 0 Å². The van der Waals surface area contributed by atoms with E-state index in [1.54, 1.807) is 12.0 Å². The van der Waals surface area contributed by atoms with E-state index in [-0.39, 0.29) is 17.9 Å². The molecule has 106 valence electrons. The van der Waals surface area contributed by atoms with Crippen molar-refractivity contribution in [2.75, 3.05) is 32.1 Å². The summed E-state index contributed by atoms with van der Waals surface area (Å²) >= 11 is 3.26. The highest BCUT2D eigenvalue weighted by Gasteiger charge is 2.15. The van der Waals surface area contributed by atoms with Gasteiger partial charge in [-0.25, -0.2) is 8.78 Å². The molecule has 1 rings (SSSR count). The van der Waals surface area contributed by atoms with Crippen LogP contribution in [0.15, 0.2) is 18.2 Å². The molecular weight excluding hydrogens is 320 g/mol. The van der Waals surface area contributed by atoms with E-state index in [1.807, 2.05) is 0 Å². The Morgan fingerprint density at radius 2 is 2.11 bits per heavy atom. The standard InChI is InChI=1S/C13H16BrF2NO2/c1-19-7-6-17(5-4-14)13(18)8-10-2-3-11(15)9-12(10)16/h2-3,9H,4-8H2,1H3. The second-order valence-electron chi connectivity index (χ2n) is 3.98. The first-order chi connectivity index (χ1) is 9.08. The number of hydrogen-bond acceptors (Lipinski definition) is 2. The Labute approximate surface area is 119 Å². The molecule has 0 aliphatic rings. The second kappa shape index (κ2) is 8.22. The number of nitrogens with zero attached hydrogens (tertiary/aromatic N) is 1. The zero-order valence-electron chi connectivity index (χ0n) is 10.7. The maximum absolute atomic E-state index is 13.5. The summed E-state index contributed by atoms with van der Waals surface area (Å²) in [6, 6.07) is 3.23. The number of methoxy groups -OCH3 is 1. The minimum absolute atomic E-state index is 0.0805. The Bertz CT molecular complexity index is 429. The lowest BCUT2D eigenvalue weighted by molar-refractivity contribution is -0.130. The monoisotopic (exact) mass is 335 g/mol. The smallest absolute Gasteiger partial charge is 0.227 e. The van der Waals surface area contributed by atoms with Gasteiger partial charge in [0, 0.05) is 31.6 Å². The van der Waals surface area contributed by atoms with Crippen molar-refractivity contribution in [1.82, 2.24) is 4.90 Å². The Kier molecular flexibility index (Phi) is 6.94. The first-order valence-electron chi connectivity index (χ1n) is 5.85. The maximum atomic E-state index is 13.5. The topological polar surface area (TPSA) is 29.5 Å².